The van der Waals surface area contributed by atoms with Gasteiger partial charge in [0.15, 0.2) is 5.65 Å². The number of nitrogens with one attached hydrogen (secondary N) is 4. The van der Waals surface area contributed by atoms with Crippen LogP contribution < -0.4 is 16.0 Å². The molecule has 0 radical (unpaired) electrons. The Bertz CT molecular complexity index is 1080. The molecule has 0 aliphatic carbocycles. The number of H-pyrrole nitrogens is 1. The van der Waals surface area contributed by atoms with Gasteiger partial charge in [-0.15, -0.1) is 0 Å². The van der Waals surface area contributed by atoms with Crippen LogP contribution in [-0.2, 0) is 0 Å². The minimum atomic E-state index is -0.257. The molecule has 0 spiro atoms. The first-order chi connectivity index (χ1) is 13.7. The van der Waals surface area contributed by atoms with E-state index in [9.17, 15) is 4.79 Å². The van der Waals surface area contributed by atoms with E-state index in [0.29, 0.717) is 17.2 Å². The molecule has 2 aromatic carbocycles. The van der Waals surface area contributed by atoms with Gasteiger partial charge in [-0.25, -0.2) is 14.8 Å². The highest BCUT2D eigenvalue weighted by Gasteiger charge is 2.09. The quantitative estimate of drug-likeness (QED) is 0.423. The number of anilines is 3. The number of rotatable bonds is 5. The number of fused-ring (bicyclic) bond motifs is 1. The Hall–Kier alpha value is -3.94. The van der Waals surface area contributed by atoms with Crippen molar-refractivity contribution in [3.05, 3.63) is 72.7 Å². The van der Waals surface area contributed by atoms with Gasteiger partial charge in [-0.2, -0.15) is 5.10 Å². The van der Waals surface area contributed by atoms with Gasteiger partial charge in [0, 0.05) is 11.4 Å². The zero-order chi connectivity index (χ0) is 19.3. The molecule has 0 aliphatic heterocycles. The van der Waals surface area contributed by atoms with E-state index in [1.807, 2.05) is 61.5 Å². The Kier molecular flexibility index (Phi) is 4.83. The molecule has 1 atom stereocenters. The summed E-state index contributed by atoms with van der Waals surface area (Å²) in [7, 11) is 0. The number of aromatic nitrogens is 4. The first-order valence-electron chi connectivity index (χ1n) is 8.82. The first-order valence-corrected chi connectivity index (χ1v) is 8.82. The standard InChI is InChI=1S/C20H19N7O/c1-13(14-5-3-2-4-6-14)24-20(28)26-16-9-7-15(8-10-16)25-18-17-11-23-27-19(17)22-12-21-18/h2-13H,1H3,(H2,24,26,28)(H2,21,22,23,25,27). The van der Waals surface area contributed by atoms with Crippen molar-refractivity contribution in [1.29, 1.82) is 0 Å². The second-order valence-corrected chi connectivity index (χ2v) is 6.29. The third kappa shape index (κ3) is 3.90. The highest BCUT2D eigenvalue weighted by atomic mass is 16.2. The van der Waals surface area contributed by atoms with Crippen LogP contribution in [0.5, 0.6) is 0 Å². The first kappa shape index (κ1) is 17.5. The molecule has 0 fully saturated rings. The lowest BCUT2D eigenvalue weighted by Gasteiger charge is -2.15. The number of nitrogens with zero attached hydrogens (tertiary/aromatic N) is 3. The van der Waals surface area contributed by atoms with E-state index in [0.717, 1.165) is 16.6 Å². The van der Waals surface area contributed by atoms with Crippen LogP contribution in [0.3, 0.4) is 0 Å². The summed E-state index contributed by atoms with van der Waals surface area (Å²) in [5.41, 5.74) is 3.25. The maximum atomic E-state index is 12.2. The summed E-state index contributed by atoms with van der Waals surface area (Å²) in [5, 5.41) is 16.6. The molecule has 0 saturated carbocycles. The van der Waals surface area contributed by atoms with E-state index in [1.54, 1.807) is 6.20 Å². The number of benzene rings is 2. The molecule has 8 nitrogen and oxygen atoms in total. The molecule has 2 heterocycles. The SMILES string of the molecule is CC(NC(=O)Nc1ccc(Nc2ncnc3[nH]ncc23)cc1)c1ccccc1. The maximum Gasteiger partial charge on any atom is 0.319 e. The number of carbonyl (C=O) groups is 1. The van der Waals surface area contributed by atoms with Crippen LogP contribution in [-0.4, -0.2) is 26.2 Å². The van der Waals surface area contributed by atoms with Gasteiger partial charge in [0.25, 0.3) is 0 Å². The second kappa shape index (κ2) is 7.75. The van der Waals surface area contributed by atoms with Crippen LogP contribution in [0, 0.1) is 0 Å². The Balaban J connectivity index is 1.38. The number of amides is 2. The van der Waals surface area contributed by atoms with E-state index in [-0.39, 0.29) is 12.1 Å². The van der Waals surface area contributed by atoms with Gasteiger partial charge in [-0.3, -0.25) is 5.10 Å². The number of hydrogen-bond donors (Lipinski definition) is 4. The van der Waals surface area contributed by atoms with Gasteiger partial charge in [0.1, 0.15) is 12.1 Å². The Labute approximate surface area is 161 Å². The summed E-state index contributed by atoms with van der Waals surface area (Å²) in [6, 6.07) is 16.8. The predicted octanol–water partition coefficient (Wildman–Crippen LogP) is 3.98. The zero-order valence-corrected chi connectivity index (χ0v) is 15.2. The molecule has 4 aromatic rings. The fourth-order valence-electron chi connectivity index (χ4n) is 2.83. The Morgan fingerprint density at radius 1 is 1.00 bits per heavy atom. The van der Waals surface area contributed by atoms with Gasteiger partial charge in [-0.1, -0.05) is 30.3 Å². The van der Waals surface area contributed by atoms with Crippen molar-refractivity contribution in [3.63, 3.8) is 0 Å². The molecule has 0 aliphatic rings. The molecular formula is C20H19N7O. The van der Waals surface area contributed by atoms with E-state index < -0.39 is 0 Å². The third-order valence-corrected chi connectivity index (χ3v) is 4.30. The Morgan fingerprint density at radius 3 is 2.54 bits per heavy atom. The van der Waals surface area contributed by atoms with Crippen LogP contribution >= 0.6 is 0 Å². The van der Waals surface area contributed by atoms with Crippen molar-refractivity contribution < 1.29 is 4.79 Å². The highest BCUT2D eigenvalue weighted by Crippen LogP contribution is 2.22. The molecule has 1 unspecified atom stereocenters. The molecule has 4 rings (SSSR count). The van der Waals surface area contributed by atoms with Gasteiger partial charge in [-0.05, 0) is 36.8 Å². The van der Waals surface area contributed by atoms with Crippen LogP contribution in [0.15, 0.2) is 67.1 Å². The minimum Gasteiger partial charge on any atom is -0.340 e. The van der Waals surface area contributed by atoms with Crippen molar-refractivity contribution in [3.8, 4) is 0 Å². The lowest BCUT2D eigenvalue weighted by Crippen LogP contribution is -2.31. The van der Waals surface area contributed by atoms with Crippen LogP contribution in [0.1, 0.15) is 18.5 Å². The van der Waals surface area contributed by atoms with Crippen molar-refractivity contribution in [2.45, 2.75) is 13.0 Å². The predicted molar refractivity (Wildman–Crippen MR) is 108 cm³/mol. The molecule has 2 amide bonds. The Morgan fingerprint density at radius 2 is 1.75 bits per heavy atom. The lowest BCUT2D eigenvalue weighted by atomic mass is 10.1. The average Bonchev–Trinajstić information content (AvgIpc) is 3.20. The molecule has 2 aromatic heterocycles. The summed E-state index contributed by atoms with van der Waals surface area (Å²) in [4.78, 5) is 20.6. The molecular weight excluding hydrogens is 354 g/mol. The minimum absolute atomic E-state index is 0.0859. The van der Waals surface area contributed by atoms with E-state index in [4.69, 9.17) is 0 Å². The summed E-state index contributed by atoms with van der Waals surface area (Å²) in [6.45, 7) is 1.94. The third-order valence-electron chi connectivity index (χ3n) is 4.30. The molecule has 4 N–H and O–H groups in total. The number of aromatic amines is 1. The van der Waals surface area contributed by atoms with Gasteiger partial charge >= 0.3 is 6.03 Å². The smallest absolute Gasteiger partial charge is 0.319 e. The number of carbonyl (C=O) groups excluding carboxylic acids is 1. The molecule has 0 saturated heterocycles. The van der Waals surface area contributed by atoms with Crippen molar-refractivity contribution in [2.24, 2.45) is 0 Å². The van der Waals surface area contributed by atoms with Gasteiger partial charge in [0.05, 0.1) is 17.6 Å². The van der Waals surface area contributed by atoms with Crippen LogP contribution in [0.2, 0.25) is 0 Å². The zero-order valence-electron chi connectivity index (χ0n) is 15.2. The van der Waals surface area contributed by atoms with E-state index in [2.05, 4.69) is 36.1 Å². The molecule has 28 heavy (non-hydrogen) atoms. The topological polar surface area (TPSA) is 108 Å². The molecule has 0 bridgehead atoms. The normalized spacial score (nSPS) is 11.8. The average molecular weight is 373 g/mol. The maximum absolute atomic E-state index is 12.2. The van der Waals surface area contributed by atoms with Crippen LogP contribution in [0.4, 0.5) is 22.0 Å². The summed E-state index contributed by atoms with van der Waals surface area (Å²) in [6.07, 6.45) is 3.14. The summed E-state index contributed by atoms with van der Waals surface area (Å²) in [5.74, 6) is 0.661. The lowest BCUT2D eigenvalue weighted by molar-refractivity contribution is 0.249. The number of hydrogen-bond acceptors (Lipinski definition) is 5. The van der Waals surface area contributed by atoms with E-state index >= 15 is 0 Å². The number of urea groups is 1. The summed E-state index contributed by atoms with van der Waals surface area (Å²) >= 11 is 0. The van der Waals surface area contributed by atoms with E-state index in [1.165, 1.54) is 6.33 Å². The van der Waals surface area contributed by atoms with Crippen LogP contribution in [0.25, 0.3) is 11.0 Å². The van der Waals surface area contributed by atoms with Crippen molar-refractivity contribution in [1.82, 2.24) is 25.5 Å². The fourth-order valence-corrected chi connectivity index (χ4v) is 2.83. The molecule has 140 valence electrons. The second-order valence-electron chi connectivity index (χ2n) is 6.29. The largest absolute Gasteiger partial charge is 0.340 e. The fraction of sp³-hybridized carbons (Fsp3) is 0.100. The highest BCUT2D eigenvalue weighted by molar-refractivity contribution is 5.90. The van der Waals surface area contributed by atoms with Crippen molar-refractivity contribution in [2.75, 3.05) is 10.6 Å². The summed E-state index contributed by atoms with van der Waals surface area (Å²) < 4.78 is 0. The molecule has 8 heteroatoms. The van der Waals surface area contributed by atoms with Gasteiger partial charge < -0.3 is 16.0 Å². The van der Waals surface area contributed by atoms with Crippen molar-refractivity contribution >= 4 is 34.3 Å². The monoisotopic (exact) mass is 373 g/mol. The van der Waals surface area contributed by atoms with Gasteiger partial charge in [0.2, 0.25) is 0 Å².